The Balaban J connectivity index is 1.81. The van der Waals surface area contributed by atoms with Gasteiger partial charge in [0.15, 0.2) is 22.4 Å². The molecule has 0 atom stereocenters. The molecule has 9 nitrogen and oxygen atoms in total. The van der Waals surface area contributed by atoms with Gasteiger partial charge in [-0.25, -0.2) is 0 Å². The number of methoxy groups -OCH3 is 2. The molecule has 2 heterocycles. The van der Waals surface area contributed by atoms with Crippen LogP contribution in [0.5, 0.6) is 34.9 Å². The fourth-order valence-electron chi connectivity index (χ4n) is 5.04. The highest BCUT2D eigenvalue weighted by Gasteiger charge is 2.24. The first kappa shape index (κ1) is 24.2. The molecule has 0 spiro atoms. The van der Waals surface area contributed by atoms with Crippen molar-refractivity contribution < 1.29 is 33.3 Å². The van der Waals surface area contributed by atoms with Crippen LogP contribution < -0.4 is 25.1 Å². The lowest BCUT2D eigenvalue weighted by Gasteiger charge is -2.17. The summed E-state index contributed by atoms with van der Waals surface area (Å²) in [5.74, 6) is 0.470. The summed E-state index contributed by atoms with van der Waals surface area (Å²) >= 11 is 0. The van der Waals surface area contributed by atoms with Crippen LogP contribution in [-0.4, -0.2) is 24.4 Å². The van der Waals surface area contributed by atoms with Gasteiger partial charge in [0.2, 0.25) is 0 Å². The van der Waals surface area contributed by atoms with E-state index in [2.05, 4.69) is 0 Å². The molecule has 0 bridgehead atoms. The minimum Gasteiger partial charge on any atom is -0.497 e. The molecule has 2 aromatic heterocycles. The smallest absolute Gasteiger partial charge is 0.293 e. The number of aromatic hydroxyl groups is 2. The van der Waals surface area contributed by atoms with Gasteiger partial charge in [-0.3, -0.25) is 9.59 Å². The highest BCUT2D eigenvalue weighted by molar-refractivity contribution is 6.11. The number of benzene rings is 4. The van der Waals surface area contributed by atoms with Crippen LogP contribution in [0, 0.1) is 13.8 Å². The molecule has 9 heteroatoms. The molecule has 0 saturated heterocycles. The van der Waals surface area contributed by atoms with Crippen molar-refractivity contribution in [1.82, 2.24) is 0 Å². The van der Waals surface area contributed by atoms with Gasteiger partial charge in [-0.2, -0.15) is 0 Å². The highest BCUT2D eigenvalue weighted by atomic mass is 16.5. The van der Waals surface area contributed by atoms with Crippen molar-refractivity contribution in [1.29, 1.82) is 0 Å². The van der Waals surface area contributed by atoms with Gasteiger partial charge >= 0.3 is 0 Å². The van der Waals surface area contributed by atoms with Crippen LogP contribution >= 0.6 is 0 Å². The van der Waals surface area contributed by atoms with E-state index in [9.17, 15) is 19.8 Å². The van der Waals surface area contributed by atoms with E-state index in [1.54, 1.807) is 50.2 Å². The Morgan fingerprint density at radius 1 is 0.564 bits per heavy atom. The molecule has 0 aliphatic carbocycles. The zero-order valence-corrected chi connectivity index (χ0v) is 21.4. The summed E-state index contributed by atoms with van der Waals surface area (Å²) in [5, 5.41) is 24.2. The first-order valence-corrected chi connectivity index (χ1v) is 11.9. The minimum absolute atomic E-state index is 0.0552. The molecular weight excluding hydrogens is 504 g/mol. The number of ether oxygens (including phenoxy) is 3. The van der Waals surface area contributed by atoms with Crippen molar-refractivity contribution in [2.45, 2.75) is 13.8 Å². The fourth-order valence-corrected chi connectivity index (χ4v) is 5.04. The topological polar surface area (TPSA) is 129 Å². The largest absolute Gasteiger partial charge is 0.497 e. The minimum atomic E-state index is -0.476. The second-order valence-corrected chi connectivity index (χ2v) is 9.21. The van der Waals surface area contributed by atoms with Crippen LogP contribution in [0.1, 0.15) is 11.5 Å². The molecule has 39 heavy (non-hydrogen) atoms. The Bertz CT molecular complexity index is 1950. The lowest BCUT2D eigenvalue weighted by Crippen LogP contribution is -2.06. The number of hydrogen-bond donors (Lipinski definition) is 2. The van der Waals surface area contributed by atoms with Crippen molar-refractivity contribution in [2.24, 2.45) is 0 Å². The molecule has 4 aromatic carbocycles. The van der Waals surface area contributed by atoms with E-state index < -0.39 is 22.8 Å². The second kappa shape index (κ2) is 8.70. The van der Waals surface area contributed by atoms with Gasteiger partial charge in [0.25, 0.3) is 11.9 Å². The van der Waals surface area contributed by atoms with Gasteiger partial charge in [-0.05, 0) is 71.8 Å². The molecule has 6 rings (SSSR count). The van der Waals surface area contributed by atoms with E-state index >= 15 is 0 Å². The molecule has 0 fully saturated rings. The van der Waals surface area contributed by atoms with E-state index in [-0.39, 0.29) is 33.0 Å². The summed E-state index contributed by atoms with van der Waals surface area (Å²) in [6.07, 6.45) is 0. The first-order chi connectivity index (χ1) is 18.7. The summed E-state index contributed by atoms with van der Waals surface area (Å²) in [6.45, 7) is 3.34. The van der Waals surface area contributed by atoms with Crippen molar-refractivity contribution in [3.63, 3.8) is 0 Å². The molecule has 2 N–H and O–H groups in total. The van der Waals surface area contributed by atoms with Crippen LogP contribution in [0.3, 0.4) is 0 Å². The zero-order chi connectivity index (χ0) is 27.6. The van der Waals surface area contributed by atoms with Crippen LogP contribution in [0.25, 0.3) is 43.1 Å². The predicted octanol–water partition coefficient (Wildman–Crippen LogP) is 6.04. The summed E-state index contributed by atoms with van der Waals surface area (Å²) in [5.41, 5.74) is -0.890. The normalized spacial score (nSPS) is 11.5. The molecule has 0 saturated carbocycles. The number of hydrogen-bond acceptors (Lipinski definition) is 9. The van der Waals surface area contributed by atoms with E-state index in [0.29, 0.717) is 44.6 Å². The van der Waals surface area contributed by atoms with E-state index in [4.69, 9.17) is 23.0 Å². The average molecular weight is 526 g/mol. The average Bonchev–Trinajstić information content (AvgIpc) is 2.86. The maximum Gasteiger partial charge on any atom is 0.293 e. The third-order valence-corrected chi connectivity index (χ3v) is 6.66. The standard InChI is InChI=1S/C30H22O9/c1-13-5-15-7-17-9-19(35-3)11-21(31)23(17)27(25(15)29(33)37-13)39-28-24-18(10-20(36-4)12-22(24)32)8-16-6-14(2)38-30(34)26(16)28/h5-12,33-34H,1-4H3. The summed E-state index contributed by atoms with van der Waals surface area (Å²) < 4.78 is 28.0. The van der Waals surface area contributed by atoms with Gasteiger partial charge < -0.3 is 33.3 Å². The molecular formula is C30H22O9. The molecule has 6 aromatic rings. The van der Waals surface area contributed by atoms with E-state index in [1.165, 1.54) is 26.4 Å². The fraction of sp³-hybridized carbons (Fsp3) is 0.133. The van der Waals surface area contributed by atoms with Crippen molar-refractivity contribution in [3.8, 4) is 34.9 Å². The third kappa shape index (κ3) is 3.78. The highest BCUT2D eigenvalue weighted by Crippen LogP contribution is 2.47. The molecule has 196 valence electrons. The summed E-state index contributed by atoms with van der Waals surface area (Å²) in [6, 6.07) is 12.7. The number of aryl methyl sites for hydroxylation is 2. The van der Waals surface area contributed by atoms with E-state index in [0.717, 1.165) is 0 Å². The van der Waals surface area contributed by atoms with Gasteiger partial charge in [-0.1, -0.05) is 0 Å². The Morgan fingerprint density at radius 3 is 1.33 bits per heavy atom. The summed E-state index contributed by atoms with van der Waals surface area (Å²) in [4.78, 5) is 26.7. The third-order valence-electron chi connectivity index (χ3n) is 6.66. The van der Waals surface area contributed by atoms with Crippen LogP contribution in [0.4, 0.5) is 0 Å². The van der Waals surface area contributed by atoms with E-state index in [1.807, 2.05) is 0 Å². The Kier molecular flexibility index (Phi) is 5.39. The number of rotatable bonds is 4. The Hall–Kier alpha value is -5.18. The molecule has 0 amide bonds. The molecule has 0 radical (unpaired) electrons. The van der Waals surface area contributed by atoms with Gasteiger partial charge in [0.1, 0.15) is 33.8 Å². The zero-order valence-electron chi connectivity index (χ0n) is 21.4. The molecule has 0 unspecified atom stereocenters. The van der Waals surface area contributed by atoms with Crippen LogP contribution in [0.2, 0.25) is 0 Å². The van der Waals surface area contributed by atoms with Crippen molar-refractivity contribution in [2.75, 3.05) is 14.2 Å². The summed E-state index contributed by atoms with van der Waals surface area (Å²) in [7, 11) is 2.91. The number of fused-ring (bicyclic) bond motifs is 4. The van der Waals surface area contributed by atoms with Gasteiger partial charge in [0.05, 0.1) is 25.0 Å². The second-order valence-electron chi connectivity index (χ2n) is 9.21. The predicted molar refractivity (Wildman–Crippen MR) is 146 cm³/mol. The quantitative estimate of drug-likeness (QED) is 0.264. The lowest BCUT2D eigenvalue weighted by atomic mass is 10.0. The SMILES string of the molecule is COc1cc(=O)c2c(Oc3c4c(O)oc(C)cc4cc4cc(OC)cc(=O)c34)c3c(O)oc(C)cc3cc2c1. The maximum absolute atomic E-state index is 13.4. The Morgan fingerprint density at radius 2 is 0.949 bits per heavy atom. The van der Waals surface area contributed by atoms with Gasteiger partial charge in [0, 0.05) is 12.1 Å². The molecule has 0 aliphatic heterocycles. The Labute approximate surface area is 220 Å². The molecule has 0 aliphatic rings. The van der Waals surface area contributed by atoms with Gasteiger partial charge in [-0.15, -0.1) is 0 Å². The van der Waals surface area contributed by atoms with Crippen molar-refractivity contribution in [3.05, 3.63) is 80.5 Å². The lowest BCUT2D eigenvalue weighted by molar-refractivity contribution is 0.318. The van der Waals surface area contributed by atoms with Crippen LogP contribution in [-0.2, 0) is 0 Å². The monoisotopic (exact) mass is 526 g/mol. The van der Waals surface area contributed by atoms with Crippen LogP contribution in [0.15, 0.2) is 67.0 Å². The van der Waals surface area contributed by atoms with Crippen molar-refractivity contribution >= 4 is 43.1 Å². The first-order valence-electron chi connectivity index (χ1n) is 11.9. The maximum atomic E-state index is 13.4.